The minimum Gasteiger partial charge on any atom is -0.505 e. The van der Waals surface area contributed by atoms with Gasteiger partial charge in [-0.2, -0.15) is 4.90 Å². The van der Waals surface area contributed by atoms with Crippen molar-refractivity contribution in [2.45, 2.75) is 24.2 Å². The first kappa shape index (κ1) is 28.0. The predicted octanol–water partition coefficient (Wildman–Crippen LogP) is 4.43. The van der Waals surface area contributed by atoms with E-state index in [2.05, 4.69) is 0 Å². The summed E-state index contributed by atoms with van der Waals surface area (Å²) in [6, 6.07) is 17.7. The number of hydrogen-bond donors (Lipinski definition) is 2. The normalized spacial score (nSPS) is 29.3. The highest BCUT2D eigenvalue weighted by molar-refractivity contribution is 6.32. The summed E-state index contributed by atoms with van der Waals surface area (Å²) in [5, 5.41) is 11.5. The van der Waals surface area contributed by atoms with Gasteiger partial charge in [-0.05, 0) is 48.6 Å². The van der Waals surface area contributed by atoms with Crippen molar-refractivity contribution >= 4 is 46.9 Å². The molecule has 6 atom stereocenters. The van der Waals surface area contributed by atoms with Crippen LogP contribution < -0.4 is 10.6 Å². The summed E-state index contributed by atoms with van der Waals surface area (Å²) < 4.78 is 15.1. The molecule has 2 heterocycles. The maximum Gasteiger partial charge on any atom is 0.328 e. The zero-order valence-corrected chi connectivity index (χ0v) is 23.8. The van der Waals surface area contributed by atoms with Crippen LogP contribution in [0.1, 0.15) is 29.9 Å². The Kier molecular flexibility index (Phi) is 6.26. The van der Waals surface area contributed by atoms with E-state index in [0.717, 1.165) is 11.0 Å². The third-order valence-electron chi connectivity index (χ3n) is 9.72. The van der Waals surface area contributed by atoms with Crippen LogP contribution in [0.25, 0.3) is 0 Å². The number of benzene rings is 3. The summed E-state index contributed by atoms with van der Waals surface area (Å²) in [7, 11) is 0. The van der Waals surface area contributed by atoms with Gasteiger partial charge >= 0.3 is 6.03 Å². The number of fused-ring (bicyclic) bond motifs is 4. The molecule has 3 N–H and O–H groups in total. The Bertz CT molecular complexity index is 1830. The van der Waals surface area contributed by atoms with Crippen LogP contribution in [0.15, 0.2) is 84.4 Å². The van der Waals surface area contributed by atoms with E-state index in [0.29, 0.717) is 21.1 Å². The lowest BCUT2D eigenvalue weighted by Crippen LogP contribution is -2.53. The van der Waals surface area contributed by atoms with E-state index in [1.54, 1.807) is 54.6 Å². The number of hydrogen-bond acceptors (Lipinski definition) is 6. The van der Waals surface area contributed by atoms with Crippen molar-refractivity contribution in [1.29, 1.82) is 0 Å². The number of phenols is 1. The van der Waals surface area contributed by atoms with Gasteiger partial charge in [0, 0.05) is 16.5 Å². The lowest BCUT2D eigenvalue weighted by molar-refractivity contribution is -0.136. The van der Waals surface area contributed by atoms with Crippen LogP contribution in [0.3, 0.4) is 0 Å². The van der Waals surface area contributed by atoms with E-state index < -0.39 is 76.2 Å². The van der Waals surface area contributed by atoms with E-state index in [1.807, 2.05) is 0 Å². The van der Waals surface area contributed by atoms with Crippen molar-refractivity contribution in [1.82, 2.24) is 4.90 Å². The van der Waals surface area contributed by atoms with Gasteiger partial charge in [0.1, 0.15) is 0 Å². The number of likely N-dealkylation sites (tertiary alicyclic amines) is 1. The molecule has 6 amide bonds. The Morgan fingerprint density at radius 1 is 0.932 bits per heavy atom. The average molecular weight is 614 g/mol. The average Bonchev–Trinajstić information content (AvgIpc) is 3.40. The van der Waals surface area contributed by atoms with Crippen LogP contribution in [0.4, 0.5) is 14.9 Å². The largest absolute Gasteiger partial charge is 0.505 e. The number of carbonyl (C=O) groups is 5. The van der Waals surface area contributed by atoms with E-state index in [4.69, 9.17) is 17.3 Å². The van der Waals surface area contributed by atoms with Gasteiger partial charge in [0.25, 0.3) is 0 Å². The number of para-hydroxylation sites is 1. The van der Waals surface area contributed by atoms with Crippen LogP contribution in [-0.4, -0.2) is 39.7 Å². The summed E-state index contributed by atoms with van der Waals surface area (Å²) in [5.41, 5.74) is 5.01. The molecular formula is C33H25ClFN3O6. The highest BCUT2D eigenvalue weighted by Gasteiger charge is 2.70. The smallest absolute Gasteiger partial charge is 0.328 e. The predicted molar refractivity (Wildman–Crippen MR) is 156 cm³/mol. The van der Waals surface area contributed by atoms with Crippen LogP contribution >= 0.6 is 11.6 Å². The first-order valence-electron chi connectivity index (χ1n) is 14.1. The molecule has 3 fully saturated rings. The number of urea groups is 1. The fraction of sp³-hybridized carbons (Fsp3) is 0.242. The molecule has 44 heavy (non-hydrogen) atoms. The quantitative estimate of drug-likeness (QED) is 0.331. The molecule has 0 radical (unpaired) electrons. The standard InChI is InChI=1S/C33H25ClFN3O6/c34-17-8-4-9-18(14-17)37-29(41)23-15-22-19(12-13-20-25(22)30(42)38(28(20)40)32(36)44)26(21-10-5-11-24(35)27(21)39)33(23,31(37)43)16-6-2-1-3-7-16/h1-12,14,20,22-23,25-26,39H,13,15H2,(H2,36,44). The molecule has 3 aromatic carbocycles. The van der Waals surface area contributed by atoms with Gasteiger partial charge in [-0.1, -0.05) is 71.8 Å². The monoisotopic (exact) mass is 613 g/mol. The molecule has 2 saturated heterocycles. The van der Waals surface area contributed by atoms with Gasteiger partial charge in [0.2, 0.25) is 23.6 Å². The Balaban J connectivity index is 1.52. The Hall–Kier alpha value is -4.83. The number of phenolic OH excluding ortho intramolecular Hbond substituents is 1. The zero-order chi connectivity index (χ0) is 31.1. The second-order valence-corrected chi connectivity index (χ2v) is 12.1. The molecule has 11 heteroatoms. The minimum absolute atomic E-state index is 0.0261. The number of aromatic hydroxyl groups is 1. The van der Waals surface area contributed by atoms with E-state index in [-0.39, 0.29) is 24.1 Å². The first-order valence-corrected chi connectivity index (χ1v) is 14.5. The van der Waals surface area contributed by atoms with Gasteiger partial charge in [-0.25, -0.2) is 14.1 Å². The molecule has 4 aliphatic rings. The highest BCUT2D eigenvalue weighted by Crippen LogP contribution is 2.65. The van der Waals surface area contributed by atoms with Gasteiger partial charge in [0.05, 0.1) is 28.9 Å². The minimum atomic E-state index is -1.67. The molecule has 0 aromatic heterocycles. The Labute approximate surface area is 255 Å². The highest BCUT2D eigenvalue weighted by atomic mass is 35.5. The second kappa shape index (κ2) is 9.85. The SMILES string of the molecule is NC(=O)N1C(=O)C2CC=C3C(CC4C(=O)N(c5cccc(Cl)c5)C(=O)C4(c4ccccc4)C3c3cccc(F)c3O)C2C1=O. The molecule has 1 saturated carbocycles. The molecule has 0 spiro atoms. The number of carbonyl (C=O) groups excluding carboxylic acids is 5. The molecule has 0 bridgehead atoms. The number of nitrogens with zero attached hydrogens (tertiary/aromatic N) is 2. The van der Waals surface area contributed by atoms with Crippen molar-refractivity contribution in [3.05, 3.63) is 106 Å². The molecule has 6 unspecified atom stereocenters. The van der Waals surface area contributed by atoms with Crippen molar-refractivity contribution in [2.75, 3.05) is 4.90 Å². The van der Waals surface area contributed by atoms with E-state index >= 15 is 4.39 Å². The zero-order valence-electron chi connectivity index (χ0n) is 23.0. The van der Waals surface area contributed by atoms with Crippen LogP contribution in [0.2, 0.25) is 5.02 Å². The molecule has 9 nitrogen and oxygen atoms in total. The van der Waals surface area contributed by atoms with Gasteiger partial charge in [-0.15, -0.1) is 0 Å². The number of rotatable bonds is 3. The van der Waals surface area contributed by atoms with Gasteiger partial charge < -0.3 is 10.8 Å². The summed E-state index contributed by atoms with van der Waals surface area (Å²) in [6.45, 7) is 0. The van der Waals surface area contributed by atoms with Crippen LogP contribution in [0, 0.1) is 29.5 Å². The lowest BCUT2D eigenvalue weighted by atomic mass is 9.49. The first-order chi connectivity index (χ1) is 21.1. The molecule has 2 aliphatic carbocycles. The molecular weight excluding hydrogens is 589 g/mol. The number of imide groups is 4. The van der Waals surface area contributed by atoms with E-state index in [9.17, 15) is 29.1 Å². The second-order valence-electron chi connectivity index (χ2n) is 11.6. The van der Waals surface area contributed by atoms with Crippen molar-refractivity contribution in [3.8, 4) is 5.75 Å². The summed E-state index contributed by atoms with van der Waals surface area (Å²) in [6.07, 6.45) is 1.76. The number of anilines is 1. The van der Waals surface area contributed by atoms with E-state index in [1.165, 1.54) is 18.2 Å². The molecule has 3 aromatic rings. The van der Waals surface area contributed by atoms with Crippen LogP contribution in [-0.2, 0) is 24.6 Å². The number of amides is 6. The summed E-state index contributed by atoms with van der Waals surface area (Å²) in [4.78, 5) is 69.9. The number of primary amides is 1. The Morgan fingerprint density at radius 2 is 1.66 bits per heavy atom. The van der Waals surface area contributed by atoms with Gasteiger partial charge in [0.15, 0.2) is 11.6 Å². The summed E-state index contributed by atoms with van der Waals surface area (Å²) in [5.74, 6) is -9.21. The number of halogens is 2. The number of nitrogens with two attached hydrogens (primary N) is 1. The fourth-order valence-electron chi connectivity index (χ4n) is 8.07. The third-order valence-corrected chi connectivity index (χ3v) is 9.95. The third kappa shape index (κ3) is 3.60. The van der Waals surface area contributed by atoms with Crippen molar-refractivity contribution in [2.24, 2.45) is 29.4 Å². The topological polar surface area (TPSA) is 138 Å². The van der Waals surface area contributed by atoms with Gasteiger partial charge in [-0.3, -0.25) is 19.2 Å². The maximum atomic E-state index is 15.1. The van der Waals surface area contributed by atoms with Crippen molar-refractivity contribution < 1.29 is 33.5 Å². The molecule has 7 rings (SSSR count). The Morgan fingerprint density at radius 3 is 2.36 bits per heavy atom. The number of allylic oxidation sites excluding steroid dienone is 2. The molecule has 222 valence electrons. The molecule has 2 aliphatic heterocycles. The van der Waals surface area contributed by atoms with Crippen LogP contribution in [0.5, 0.6) is 5.75 Å². The maximum absolute atomic E-state index is 15.1. The summed E-state index contributed by atoms with van der Waals surface area (Å²) >= 11 is 6.27. The fourth-order valence-corrected chi connectivity index (χ4v) is 8.25. The lowest BCUT2D eigenvalue weighted by Gasteiger charge is -2.50. The van der Waals surface area contributed by atoms with Crippen molar-refractivity contribution in [3.63, 3.8) is 0 Å².